The minimum Gasteiger partial charge on any atom is -0.369 e. The van der Waals surface area contributed by atoms with Gasteiger partial charge in [-0.25, -0.2) is 0 Å². The van der Waals surface area contributed by atoms with Crippen molar-refractivity contribution in [1.29, 1.82) is 0 Å². The Hall–Kier alpha value is -0.880. The van der Waals surface area contributed by atoms with Gasteiger partial charge in [0.05, 0.1) is 5.56 Å². The van der Waals surface area contributed by atoms with Crippen molar-refractivity contribution in [3.05, 3.63) is 29.3 Å². The first-order valence-electron chi connectivity index (χ1n) is 6.52. The number of rotatable bonds is 2. The number of halogens is 3. The molecule has 1 saturated heterocycles. The van der Waals surface area contributed by atoms with Crippen LogP contribution in [0, 0.1) is 0 Å². The normalized spacial score (nSPS) is 19.2. The summed E-state index contributed by atoms with van der Waals surface area (Å²) in [5, 5.41) is 0. The molecule has 0 unspecified atom stereocenters. The third kappa shape index (κ3) is 3.41. The summed E-state index contributed by atoms with van der Waals surface area (Å²) in [6.07, 6.45) is -4.32. The van der Waals surface area contributed by atoms with Gasteiger partial charge in [-0.3, -0.25) is 0 Å². The molecule has 1 fully saturated rings. The van der Waals surface area contributed by atoms with Crippen molar-refractivity contribution in [2.75, 3.05) is 23.7 Å². The molecule has 1 heterocycles. The lowest BCUT2D eigenvalue weighted by Crippen LogP contribution is -2.43. The zero-order valence-corrected chi connectivity index (χ0v) is 12.4. The molecule has 1 aromatic carbocycles. The maximum atomic E-state index is 12.7. The summed E-state index contributed by atoms with van der Waals surface area (Å²) in [5.74, 6) is 0.970. The van der Waals surface area contributed by atoms with Crippen LogP contribution < -0.4 is 10.6 Å². The number of nitrogens with zero attached hydrogens (tertiary/aromatic N) is 1. The van der Waals surface area contributed by atoms with Crippen molar-refractivity contribution in [3.63, 3.8) is 0 Å². The predicted octanol–water partition coefficient (Wildman–Crippen LogP) is 3.50. The van der Waals surface area contributed by atoms with Gasteiger partial charge in [0.15, 0.2) is 0 Å². The summed E-state index contributed by atoms with van der Waals surface area (Å²) < 4.78 is 38.3. The van der Waals surface area contributed by atoms with Crippen molar-refractivity contribution in [2.45, 2.75) is 31.3 Å². The first-order chi connectivity index (χ1) is 9.23. The van der Waals surface area contributed by atoms with Crippen LogP contribution in [0.5, 0.6) is 0 Å². The Labute approximate surface area is 121 Å². The number of thioether (sulfide) groups is 1. The average Bonchev–Trinajstić information content (AvgIpc) is 2.35. The van der Waals surface area contributed by atoms with Gasteiger partial charge < -0.3 is 10.6 Å². The Bertz CT molecular complexity index is 486. The van der Waals surface area contributed by atoms with Crippen LogP contribution in [0.2, 0.25) is 0 Å². The molecule has 20 heavy (non-hydrogen) atoms. The van der Waals surface area contributed by atoms with Crippen LogP contribution in [0.15, 0.2) is 18.2 Å². The molecular weight excluding hydrogens is 285 g/mol. The van der Waals surface area contributed by atoms with Crippen LogP contribution >= 0.6 is 11.8 Å². The average molecular weight is 304 g/mol. The standard InChI is InChI=1S/C14H19F3N2S/c1-13(2)9-19(5-6-20-13)12-4-3-11(14(15,16)17)7-10(12)8-18/h3-4,7H,5-6,8-9,18H2,1-2H3. The van der Waals surface area contributed by atoms with Crippen LogP contribution in [-0.4, -0.2) is 23.6 Å². The van der Waals surface area contributed by atoms with E-state index in [2.05, 4.69) is 18.7 Å². The van der Waals surface area contributed by atoms with Gasteiger partial charge in [-0.1, -0.05) is 0 Å². The van der Waals surface area contributed by atoms with Crippen LogP contribution in [-0.2, 0) is 12.7 Å². The molecular formula is C14H19F3N2S. The summed E-state index contributed by atoms with van der Waals surface area (Å²) in [6.45, 7) is 6.07. The molecule has 0 amide bonds. The van der Waals surface area contributed by atoms with Gasteiger partial charge in [0.2, 0.25) is 0 Å². The molecule has 0 atom stereocenters. The highest BCUT2D eigenvalue weighted by molar-refractivity contribution is 8.00. The monoisotopic (exact) mass is 304 g/mol. The maximum Gasteiger partial charge on any atom is 0.416 e. The van der Waals surface area contributed by atoms with Crippen molar-refractivity contribution < 1.29 is 13.2 Å². The fourth-order valence-corrected chi connectivity index (χ4v) is 3.57. The number of benzene rings is 1. The zero-order valence-electron chi connectivity index (χ0n) is 11.6. The Morgan fingerprint density at radius 1 is 1.35 bits per heavy atom. The Balaban J connectivity index is 2.32. The van der Waals surface area contributed by atoms with E-state index in [9.17, 15) is 13.2 Å². The van der Waals surface area contributed by atoms with Gasteiger partial charge in [0, 0.05) is 35.8 Å². The topological polar surface area (TPSA) is 29.3 Å². The number of hydrogen-bond acceptors (Lipinski definition) is 3. The summed E-state index contributed by atoms with van der Waals surface area (Å²) in [6, 6.07) is 3.87. The summed E-state index contributed by atoms with van der Waals surface area (Å²) >= 11 is 1.89. The number of nitrogens with two attached hydrogens (primary N) is 1. The Kier molecular flexibility index (Phi) is 4.25. The van der Waals surface area contributed by atoms with Crippen molar-refractivity contribution >= 4 is 17.4 Å². The first-order valence-corrected chi connectivity index (χ1v) is 7.50. The SMILES string of the molecule is CC1(C)CN(c2ccc(C(F)(F)F)cc2CN)CCS1. The van der Waals surface area contributed by atoms with Crippen LogP contribution in [0.25, 0.3) is 0 Å². The van der Waals surface area contributed by atoms with Crippen molar-refractivity contribution in [2.24, 2.45) is 5.73 Å². The molecule has 6 heteroatoms. The number of alkyl halides is 3. The van der Waals surface area contributed by atoms with Crippen molar-refractivity contribution in [1.82, 2.24) is 0 Å². The Morgan fingerprint density at radius 2 is 2.05 bits per heavy atom. The fourth-order valence-electron chi connectivity index (χ4n) is 2.46. The van der Waals surface area contributed by atoms with Gasteiger partial charge in [-0.15, -0.1) is 0 Å². The van der Waals surface area contributed by atoms with E-state index in [0.29, 0.717) is 5.56 Å². The van der Waals surface area contributed by atoms with Crippen LogP contribution in [0.3, 0.4) is 0 Å². The second-order valence-electron chi connectivity index (χ2n) is 5.58. The molecule has 1 aromatic rings. The lowest BCUT2D eigenvalue weighted by atomic mass is 10.1. The van der Waals surface area contributed by atoms with E-state index >= 15 is 0 Å². The molecule has 2 rings (SSSR count). The fraction of sp³-hybridized carbons (Fsp3) is 0.571. The Morgan fingerprint density at radius 3 is 2.60 bits per heavy atom. The minimum absolute atomic E-state index is 0.104. The highest BCUT2D eigenvalue weighted by atomic mass is 32.2. The molecule has 2 N–H and O–H groups in total. The number of anilines is 1. The lowest BCUT2D eigenvalue weighted by molar-refractivity contribution is -0.137. The number of hydrogen-bond donors (Lipinski definition) is 1. The summed E-state index contributed by atoms with van der Waals surface area (Å²) in [4.78, 5) is 2.14. The van der Waals surface area contributed by atoms with Gasteiger partial charge >= 0.3 is 6.18 Å². The predicted molar refractivity (Wildman–Crippen MR) is 78.1 cm³/mol. The van der Waals surface area contributed by atoms with E-state index in [1.54, 1.807) is 6.07 Å². The van der Waals surface area contributed by atoms with Crippen LogP contribution in [0.1, 0.15) is 25.0 Å². The van der Waals surface area contributed by atoms with E-state index in [4.69, 9.17) is 5.73 Å². The summed E-state index contributed by atoms with van der Waals surface area (Å²) in [7, 11) is 0. The smallest absolute Gasteiger partial charge is 0.369 e. The maximum absolute atomic E-state index is 12.7. The molecule has 1 aliphatic heterocycles. The van der Waals surface area contributed by atoms with Crippen molar-refractivity contribution in [3.8, 4) is 0 Å². The minimum atomic E-state index is -4.32. The van der Waals surface area contributed by atoms with E-state index in [-0.39, 0.29) is 11.3 Å². The molecule has 0 bridgehead atoms. The van der Waals surface area contributed by atoms with Gasteiger partial charge in [0.25, 0.3) is 0 Å². The third-order valence-electron chi connectivity index (χ3n) is 3.39. The van der Waals surface area contributed by atoms with Crippen LogP contribution in [0.4, 0.5) is 18.9 Å². The molecule has 0 radical (unpaired) electrons. The highest BCUT2D eigenvalue weighted by Gasteiger charge is 2.32. The van der Waals surface area contributed by atoms with E-state index in [0.717, 1.165) is 30.6 Å². The lowest BCUT2D eigenvalue weighted by Gasteiger charge is -2.39. The molecule has 1 aliphatic rings. The second kappa shape index (κ2) is 5.48. The summed E-state index contributed by atoms with van der Waals surface area (Å²) in [5.41, 5.74) is 6.39. The molecule has 2 nitrogen and oxygen atoms in total. The largest absolute Gasteiger partial charge is 0.416 e. The third-order valence-corrected chi connectivity index (χ3v) is 4.69. The zero-order chi connectivity index (χ0) is 15.0. The van der Waals surface area contributed by atoms with Gasteiger partial charge in [0.1, 0.15) is 0 Å². The second-order valence-corrected chi connectivity index (χ2v) is 7.38. The van der Waals surface area contributed by atoms with Gasteiger partial charge in [-0.2, -0.15) is 24.9 Å². The molecule has 0 aromatic heterocycles. The molecule has 0 saturated carbocycles. The quantitative estimate of drug-likeness (QED) is 0.907. The molecule has 0 spiro atoms. The molecule has 112 valence electrons. The van der Waals surface area contributed by atoms with E-state index in [1.165, 1.54) is 6.07 Å². The van der Waals surface area contributed by atoms with E-state index < -0.39 is 11.7 Å². The first kappa shape index (κ1) is 15.5. The van der Waals surface area contributed by atoms with Gasteiger partial charge in [-0.05, 0) is 37.6 Å². The van der Waals surface area contributed by atoms with E-state index in [1.807, 2.05) is 11.8 Å². The highest BCUT2D eigenvalue weighted by Crippen LogP contribution is 2.36. The molecule has 0 aliphatic carbocycles.